The van der Waals surface area contributed by atoms with Crippen LogP contribution >= 0.6 is 0 Å². The Bertz CT molecular complexity index is 656. The fraction of sp³-hybridized carbons (Fsp3) is 0.385. The van der Waals surface area contributed by atoms with Crippen molar-refractivity contribution in [2.24, 2.45) is 5.41 Å². The number of benzene rings is 1. The van der Waals surface area contributed by atoms with Crippen LogP contribution in [0.3, 0.4) is 0 Å². The molecule has 1 rings (SSSR count). The maximum Gasteiger partial charge on any atom is 0.416 e. The van der Waals surface area contributed by atoms with E-state index in [9.17, 15) is 32.9 Å². The largest absolute Gasteiger partial charge is 0.481 e. The van der Waals surface area contributed by atoms with Crippen molar-refractivity contribution in [3.05, 3.63) is 39.4 Å². The lowest BCUT2D eigenvalue weighted by Gasteiger charge is -2.19. The van der Waals surface area contributed by atoms with E-state index >= 15 is 0 Å². The monoisotopic (exact) mass is 334 g/mol. The summed E-state index contributed by atoms with van der Waals surface area (Å²) < 4.78 is 37.7. The Kier molecular flexibility index (Phi) is 4.98. The summed E-state index contributed by atoms with van der Waals surface area (Å²) in [5.41, 5.74) is -4.18. The number of carbonyl (C=O) groups is 2. The minimum atomic E-state index is -4.79. The Balaban J connectivity index is 3.10. The molecule has 0 bridgehead atoms. The fourth-order valence-electron chi connectivity index (χ4n) is 1.52. The standard InChI is InChI=1S/C13H13F3N2O5/c1-12(2,11(20)21)6-17-10(19)8-4-3-7(13(14,15)16)5-9(8)18(22)23/h3-5H,6H2,1-2H3,(H,17,19)(H,20,21). The molecule has 0 radical (unpaired) electrons. The minimum absolute atomic E-state index is 0.261. The third-order valence-electron chi connectivity index (χ3n) is 3.04. The van der Waals surface area contributed by atoms with E-state index in [4.69, 9.17) is 5.11 Å². The summed E-state index contributed by atoms with van der Waals surface area (Å²) >= 11 is 0. The third kappa shape index (κ3) is 4.41. The fourth-order valence-corrected chi connectivity index (χ4v) is 1.52. The van der Waals surface area contributed by atoms with Gasteiger partial charge in [0.05, 0.1) is 15.9 Å². The van der Waals surface area contributed by atoms with Crippen LogP contribution in [0.25, 0.3) is 0 Å². The summed E-state index contributed by atoms with van der Waals surface area (Å²) in [6.07, 6.45) is -4.79. The Labute approximate surface area is 128 Å². The summed E-state index contributed by atoms with van der Waals surface area (Å²) in [5.74, 6) is -2.24. The average molecular weight is 334 g/mol. The van der Waals surface area contributed by atoms with Crippen LogP contribution in [-0.2, 0) is 11.0 Å². The number of nitro benzene ring substituents is 1. The van der Waals surface area contributed by atoms with Crippen LogP contribution < -0.4 is 5.32 Å². The minimum Gasteiger partial charge on any atom is -0.481 e. The zero-order valence-electron chi connectivity index (χ0n) is 12.1. The number of nitrogens with zero attached hydrogens (tertiary/aromatic N) is 1. The van der Waals surface area contributed by atoms with E-state index in [0.717, 1.165) is 0 Å². The Morgan fingerprint density at radius 1 is 1.30 bits per heavy atom. The highest BCUT2D eigenvalue weighted by molar-refractivity contribution is 5.98. The first kappa shape index (κ1) is 18.4. The number of nitro groups is 1. The van der Waals surface area contributed by atoms with E-state index in [1.165, 1.54) is 13.8 Å². The van der Waals surface area contributed by atoms with Gasteiger partial charge < -0.3 is 10.4 Å². The second-order valence-corrected chi connectivity index (χ2v) is 5.36. The summed E-state index contributed by atoms with van der Waals surface area (Å²) in [7, 11) is 0. The number of carboxylic acids is 1. The first-order chi connectivity index (χ1) is 10.4. The highest BCUT2D eigenvalue weighted by atomic mass is 19.4. The molecule has 10 heteroatoms. The van der Waals surface area contributed by atoms with Gasteiger partial charge in [0.2, 0.25) is 0 Å². The van der Waals surface area contributed by atoms with Gasteiger partial charge in [0.25, 0.3) is 11.6 Å². The van der Waals surface area contributed by atoms with Crippen molar-refractivity contribution >= 4 is 17.6 Å². The number of hydrogen-bond donors (Lipinski definition) is 2. The van der Waals surface area contributed by atoms with Gasteiger partial charge in [0.15, 0.2) is 0 Å². The van der Waals surface area contributed by atoms with Crippen LogP contribution in [0.15, 0.2) is 18.2 Å². The molecule has 1 aromatic rings. The van der Waals surface area contributed by atoms with Crippen molar-refractivity contribution < 1.29 is 32.8 Å². The van der Waals surface area contributed by atoms with E-state index in [0.29, 0.717) is 12.1 Å². The number of halogens is 3. The molecule has 0 heterocycles. The molecule has 23 heavy (non-hydrogen) atoms. The predicted octanol–water partition coefficient (Wildman–Crippen LogP) is 2.45. The lowest BCUT2D eigenvalue weighted by molar-refractivity contribution is -0.385. The van der Waals surface area contributed by atoms with Gasteiger partial charge in [-0.05, 0) is 26.0 Å². The van der Waals surface area contributed by atoms with Gasteiger partial charge in [-0.15, -0.1) is 0 Å². The Morgan fingerprint density at radius 3 is 2.30 bits per heavy atom. The van der Waals surface area contributed by atoms with Crippen molar-refractivity contribution in [1.82, 2.24) is 5.32 Å². The maximum absolute atomic E-state index is 12.6. The van der Waals surface area contributed by atoms with Gasteiger partial charge in [0, 0.05) is 12.6 Å². The summed E-state index contributed by atoms with van der Waals surface area (Å²) in [6, 6.07) is 1.49. The smallest absolute Gasteiger partial charge is 0.416 e. The van der Waals surface area contributed by atoms with Crippen LogP contribution in [0, 0.1) is 15.5 Å². The first-order valence-corrected chi connectivity index (χ1v) is 6.23. The topological polar surface area (TPSA) is 110 Å². The van der Waals surface area contributed by atoms with Crippen molar-refractivity contribution in [1.29, 1.82) is 0 Å². The molecule has 0 aliphatic carbocycles. The van der Waals surface area contributed by atoms with E-state index < -0.39 is 45.2 Å². The number of hydrogen-bond acceptors (Lipinski definition) is 4. The number of amides is 1. The van der Waals surface area contributed by atoms with E-state index in [-0.39, 0.29) is 12.6 Å². The highest BCUT2D eigenvalue weighted by Gasteiger charge is 2.34. The second-order valence-electron chi connectivity index (χ2n) is 5.36. The molecule has 0 saturated heterocycles. The van der Waals surface area contributed by atoms with Crippen molar-refractivity contribution in [3.63, 3.8) is 0 Å². The van der Waals surface area contributed by atoms with Gasteiger partial charge in [-0.1, -0.05) is 0 Å². The van der Waals surface area contributed by atoms with Crippen LogP contribution in [-0.4, -0.2) is 28.5 Å². The Hall–Kier alpha value is -2.65. The van der Waals surface area contributed by atoms with Crippen LogP contribution in [0.5, 0.6) is 0 Å². The van der Waals surface area contributed by atoms with Crippen LogP contribution in [0.1, 0.15) is 29.8 Å². The molecule has 0 saturated carbocycles. The molecule has 7 nitrogen and oxygen atoms in total. The normalized spacial score (nSPS) is 11.9. The molecular formula is C13H13F3N2O5. The van der Waals surface area contributed by atoms with Crippen molar-refractivity contribution in [3.8, 4) is 0 Å². The number of nitrogens with one attached hydrogen (secondary N) is 1. The Morgan fingerprint density at radius 2 is 1.87 bits per heavy atom. The first-order valence-electron chi connectivity index (χ1n) is 6.23. The molecule has 126 valence electrons. The number of rotatable bonds is 5. The molecule has 1 aromatic carbocycles. The molecule has 2 N–H and O–H groups in total. The highest BCUT2D eigenvalue weighted by Crippen LogP contribution is 2.33. The molecule has 1 amide bonds. The predicted molar refractivity (Wildman–Crippen MR) is 71.8 cm³/mol. The number of aliphatic carboxylic acids is 1. The molecule has 0 atom stereocenters. The summed E-state index contributed by atoms with van der Waals surface area (Å²) in [6.45, 7) is 2.28. The average Bonchev–Trinajstić information content (AvgIpc) is 2.42. The van der Waals surface area contributed by atoms with Crippen molar-refractivity contribution in [2.75, 3.05) is 6.54 Å². The molecule has 0 aromatic heterocycles. The summed E-state index contributed by atoms with van der Waals surface area (Å²) in [5, 5.41) is 22.0. The van der Waals surface area contributed by atoms with Gasteiger partial charge in [-0.25, -0.2) is 0 Å². The lowest BCUT2D eigenvalue weighted by Crippen LogP contribution is -2.39. The number of carbonyl (C=O) groups excluding carboxylic acids is 1. The third-order valence-corrected chi connectivity index (χ3v) is 3.04. The lowest BCUT2D eigenvalue weighted by atomic mass is 9.94. The molecular weight excluding hydrogens is 321 g/mol. The number of carboxylic acid groups (broad SMARTS) is 1. The van der Waals surface area contributed by atoms with E-state index in [1.807, 2.05) is 0 Å². The van der Waals surface area contributed by atoms with Gasteiger partial charge in [0.1, 0.15) is 5.56 Å². The molecule has 0 unspecified atom stereocenters. The van der Waals surface area contributed by atoms with Crippen LogP contribution in [0.4, 0.5) is 18.9 Å². The maximum atomic E-state index is 12.6. The summed E-state index contributed by atoms with van der Waals surface area (Å²) in [4.78, 5) is 32.6. The van der Waals surface area contributed by atoms with Gasteiger partial charge in [-0.3, -0.25) is 19.7 Å². The molecule has 0 aliphatic heterocycles. The zero-order valence-corrected chi connectivity index (χ0v) is 12.1. The van der Waals surface area contributed by atoms with E-state index in [1.54, 1.807) is 0 Å². The molecule has 0 aliphatic rings. The van der Waals surface area contributed by atoms with Gasteiger partial charge in [-0.2, -0.15) is 13.2 Å². The van der Waals surface area contributed by atoms with E-state index in [2.05, 4.69) is 5.32 Å². The quantitative estimate of drug-likeness (QED) is 0.635. The number of alkyl halides is 3. The SMILES string of the molecule is CC(C)(CNC(=O)c1ccc(C(F)(F)F)cc1[N+](=O)[O-])C(=O)O. The molecule has 0 spiro atoms. The van der Waals surface area contributed by atoms with Gasteiger partial charge >= 0.3 is 12.1 Å². The van der Waals surface area contributed by atoms with Crippen molar-refractivity contribution in [2.45, 2.75) is 20.0 Å². The zero-order chi connectivity index (χ0) is 18.0. The van der Waals surface area contributed by atoms with Crippen LogP contribution in [0.2, 0.25) is 0 Å². The molecule has 0 fully saturated rings. The second kappa shape index (κ2) is 6.23.